The molecule has 1 aliphatic rings. The molecule has 0 radical (unpaired) electrons. The van der Waals surface area contributed by atoms with Gasteiger partial charge in [0.25, 0.3) is 0 Å². The molecule has 94 valence electrons. The summed E-state index contributed by atoms with van der Waals surface area (Å²) in [6.45, 7) is 0.876. The summed E-state index contributed by atoms with van der Waals surface area (Å²) in [5.74, 6) is -0.104. The second-order valence-corrected chi connectivity index (χ2v) is 6.40. The van der Waals surface area contributed by atoms with E-state index in [0.717, 1.165) is 25.8 Å². The van der Waals surface area contributed by atoms with Gasteiger partial charge < -0.3 is 10.4 Å². The topological polar surface area (TPSA) is 66.4 Å². The van der Waals surface area contributed by atoms with E-state index in [1.807, 2.05) is 0 Å². The van der Waals surface area contributed by atoms with Gasteiger partial charge >= 0.3 is 0 Å². The van der Waals surface area contributed by atoms with Crippen molar-refractivity contribution >= 4 is 9.84 Å². The third-order valence-electron chi connectivity index (χ3n) is 3.03. The summed E-state index contributed by atoms with van der Waals surface area (Å²) in [7, 11) is -3.40. The van der Waals surface area contributed by atoms with Crippen LogP contribution in [0.15, 0.2) is 29.2 Å². The Kier molecular flexibility index (Phi) is 3.69. The zero-order valence-corrected chi connectivity index (χ0v) is 10.4. The van der Waals surface area contributed by atoms with Gasteiger partial charge in [-0.2, -0.15) is 0 Å². The Bertz CT molecular complexity index is 478. The van der Waals surface area contributed by atoms with Crippen molar-refractivity contribution in [3.05, 3.63) is 24.3 Å². The van der Waals surface area contributed by atoms with Gasteiger partial charge in [0.1, 0.15) is 10.6 Å². The Labute approximate surface area is 102 Å². The summed E-state index contributed by atoms with van der Waals surface area (Å²) in [6.07, 6.45) is 3.05. The Morgan fingerprint density at radius 3 is 2.71 bits per heavy atom. The second kappa shape index (κ2) is 5.06. The van der Waals surface area contributed by atoms with E-state index in [4.69, 9.17) is 0 Å². The summed E-state index contributed by atoms with van der Waals surface area (Å²) in [5, 5.41) is 12.8. The molecular formula is C12H17NO3S. The Morgan fingerprint density at radius 1 is 1.29 bits per heavy atom. The molecular weight excluding hydrogens is 238 g/mol. The van der Waals surface area contributed by atoms with Crippen molar-refractivity contribution in [2.45, 2.75) is 30.2 Å². The van der Waals surface area contributed by atoms with Gasteiger partial charge in [-0.25, -0.2) is 8.42 Å². The average molecular weight is 255 g/mol. The summed E-state index contributed by atoms with van der Waals surface area (Å²) in [6, 6.07) is 6.11. The maximum Gasteiger partial charge on any atom is 0.183 e. The van der Waals surface area contributed by atoms with Gasteiger partial charge in [-0.15, -0.1) is 0 Å². The van der Waals surface area contributed by atoms with Crippen LogP contribution in [-0.4, -0.2) is 31.9 Å². The van der Waals surface area contributed by atoms with Crippen LogP contribution in [0, 0.1) is 0 Å². The number of phenolic OH excluding ortho intramolecular Hbond substituents is 1. The molecule has 5 heteroatoms. The lowest BCUT2D eigenvalue weighted by molar-refractivity contribution is 0.422. The summed E-state index contributed by atoms with van der Waals surface area (Å²) in [4.78, 5) is 0.0346. The fraction of sp³-hybridized carbons (Fsp3) is 0.500. The molecule has 2 rings (SSSR count). The van der Waals surface area contributed by atoms with Crippen molar-refractivity contribution in [3.8, 4) is 5.75 Å². The van der Waals surface area contributed by atoms with Crippen LogP contribution in [0.5, 0.6) is 5.75 Å². The van der Waals surface area contributed by atoms with E-state index >= 15 is 0 Å². The lowest BCUT2D eigenvalue weighted by Gasteiger charge is -2.23. The number of hydrogen-bond donors (Lipinski definition) is 2. The molecule has 2 N–H and O–H groups in total. The lowest BCUT2D eigenvalue weighted by Crippen LogP contribution is -2.39. The van der Waals surface area contributed by atoms with Crippen LogP contribution in [0.3, 0.4) is 0 Å². The second-order valence-electron chi connectivity index (χ2n) is 4.40. The molecule has 1 aliphatic heterocycles. The molecule has 0 aliphatic carbocycles. The van der Waals surface area contributed by atoms with Crippen molar-refractivity contribution in [1.82, 2.24) is 5.32 Å². The monoisotopic (exact) mass is 255 g/mol. The minimum Gasteiger partial charge on any atom is -0.507 e. The van der Waals surface area contributed by atoms with Crippen LogP contribution in [0.1, 0.15) is 19.3 Å². The van der Waals surface area contributed by atoms with E-state index < -0.39 is 9.84 Å². The minimum absolute atomic E-state index is 0.00774. The van der Waals surface area contributed by atoms with Gasteiger partial charge in [0, 0.05) is 6.04 Å². The van der Waals surface area contributed by atoms with Gasteiger partial charge in [0.2, 0.25) is 0 Å². The first-order chi connectivity index (χ1) is 8.09. The van der Waals surface area contributed by atoms with E-state index in [2.05, 4.69) is 5.32 Å². The molecule has 0 bridgehead atoms. The van der Waals surface area contributed by atoms with Crippen LogP contribution in [0.25, 0.3) is 0 Å². The van der Waals surface area contributed by atoms with E-state index in [1.165, 1.54) is 12.1 Å². The van der Waals surface area contributed by atoms with Gasteiger partial charge in [-0.1, -0.05) is 18.6 Å². The molecule has 0 saturated carbocycles. The normalized spacial score (nSPS) is 21.3. The van der Waals surface area contributed by atoms with E-state index in [1.54, 1.807) is 12.1 Å². The maximum absolute atomic E-state index is 12.1. The Morgan fingerprint density at radius 2 is 2.06 bits per heavy atom. The molecule has 17 heavy (non-hydrogen) atoms. The first-order valence-electron chi connectivity index (χ1n) is 5.84. The molecule has 1 aromatic carbocycles. The Hall–Kier alpha value is -1.07. The summed E-state index contributed by atoms with van der Waals surface area (Å²) < 4.78 is 24.2. The number of sulfone groups is 1. The first kappa shape index (κ1) is 12.4. The van der Waals surface area contributed by atoms with E-state index in [-0.39, 0.29) is 22.4 Å². The molecule has 1 fully saturated rings. The molecule has 1 heterocycles. The van der Waals surface area contributed by atoms with Crippen LogP contribution >= 0.6 is 0 Å². The number of nitrogens with one attached hydrogen (secondary N) is 1. The predicted molar refractivity (Wildman–Crippen MR) is 65.8 cm³/mol. The highest BCUT2D eigenvalue weighted by Gasteiger charge is 2.24. The number of aromatic hydroxyl groups is 1. The molecule has 0 aromatic heterocycles. The van der Waals surface area contributed by atoms with E-state index in [9.17, 15) is 13.5 Å². The molecule has 4 nitrogen and oxygen atoms in total. The van der Waals surface area contributed by atoms with Crippen LogP contribution in [0.2, 0.25) is 0 Å². The smallest absolute Gasteiger partial charge is 0.183 e. The number of hydrogen-bond acceptors (Lipinski definition) is 4. The van der Waals surface area contributed by atoms with Crippen molar-refractivity contribution in [3.63, 3.8) is 0 Å². The SMILES string of the molecule is O=S(=O)(CC1CCCCN1)c1ccccc1O. The van der Waals surface area contributed by atoms with Crippen molar-refractivity contribution in [2.24, 2.45) is 0 Å². The largest absolute Gasteiger partial charge is 0.507 e. The number of piperidine rings is 1. The third kappa shape index (κ3) is 2.98. The molecule has 0 spiro atoms. The molecule has 1 saturated heterocycles. The minimum atomic E-state index is -3.40. The number of rotatable bonds is 3. The fourth-order valence-electron chi connectivity index (χ4n) is 2.14. The quantitative estimate of drug-likeness (QED) is 0.854. The highest BCUT2D eigenvalue weighted by atomic mass is 32.2. The zero-order chi connectivity index (χ0) is 12.3. The maximum atomic E-state index is 12.1. The average Bonchev–Trinajstić information content (AvgIpc) is 2.30. The van der Waals surface area contributed by atoms with Gasteiger partial charge in [-0.05, 0) is 31.5 Å². The Balaban J connectivity index is 2.16. The highest BCUT2D eigenvalue weighted by molar-refractivity contribution is 7.91. The first-order valence-corrected chi connectivity index (χ1v) is 7.49. The van der Waals surface area contributed by atoms with Gasteiger partial charge in [0.15, 0.2) is 9.84 Å². The fourth-order valence-corrected chi connectivity index (χ4v) is 3.81. The van der Waals surface area contributed by atoms with Crippen LogP contribution < -0.4 is 5.32 Å². The number of benzene rings is 1. The standard InChI is InChI=1S/C12H17NO3S/c14-11-6-1-2-7-12(11)17(15,16)9-10-5-3-4-8-13-10/h1-2,6-7,10,13-14H,3-5,8-9H2. The van der Waals surface area contributed by atoms with Gasteiger partial charge in [-0.3, -0.25) is 0 Å². The lowest BCUT2D eigenvalue weighted by atomic mass is 10.1. The predicted octanol–water partition coefficient (Wildman–Crippen LogP) is 1.31. The molecule has 1 aromatic rings. The van der Waals surface area contributed by atoms with Crippen molar-refractivity contribution < 1.29 is 13.5 Å². The number of para-hydroxylation sites is 1. The molecule has 1 unspecified atom stereocenters. The zero-order valence-electron chi connectivity index (χ0n) is 9.59. The summed E-state index contributed by atoms with van der Waals surface area (Å²) in [5.41, 5.74) is 0. The van der Waals surface area contributed by atoms with Crippen molar-refractivity contribution in [1.29, 1.82) is 0 Å². The number of phenols is 1. The van der Waals surface area contributed by atoms with Gasteiger partial charge in [0.05, 0.1) is 5.75 Å². The summed E-state index contributed by atoms with van der Waals surface area (Å²) >= 11 is 0. The van der Waals surface area contributed by atoms with Crippen LogP contribution in [0.4, 0.5) is 0 Å². The molecule has 0 amide bonds. The highest BCUT2D eigenvalue weighted by Crippen LogP contribution is 2.24. The van der Waals surface area contributed by atoms with E-state index in [0.29, 0.717) is 0 Å². The molecule has 1 atom stereocenters. The van der Waals surface area contributed by atoms with Crippen LogP contribution in [-0.2, 0) is 9.84 Å². The third-order valence-corrected chi connectivity index (χ3v) is 4.89. The van der Waals surface area contributed by atoms with Crippen molar-refractivity contribution in [2.75, 3.05) is 12.3 Å².